The highest BCUT2D eigenvalue weighted by Gasteiger charge is 2.63. The molecule has 2 aromatic rings. The van der Waals surface area contributed by atoms with Crippen molar-refractivity contribution in [3.05, 3.63) is 30.1 Å². The van der Waals surface area contributed by atoms with E-state index in [2.05, 4.69) is 28.2 Å². The first kappa shape index (κ1) is 10.5. The molecule has 18 heavy (non-hydrogen) atoms. The van der Waals surface area contributed by atoms with Gasteiger partial charge in [-0.3, -0.25) is 0 Å². The maximum absolute atomic E-state index is 9.72. The monoisotopic (exact) mass is 244 g/mol. The quantitative estimate of drug-likeness (QED) is 0.862. The molecule has 0 amide bonds. The second kappa shape index (κ2) is 3.33. The number of aliphatic hydroxyl groups is 1. The number of aliphatic hydroxyl groups excluding tert-OH is 1. The van der Waals surface area contributed by atoms with Gasteiger partial charge in [0.15, 0.2) is 0 Å². The van der Waals surface area contributed by atoms with E-state index >= 15 is 0 Å². The summed E-state index contributed by atoms with van der Waals surface area (Å²) in [7, 11) is 0. The summed E-state index contributed by atoms with van der Waals surface area (Å²) in [5.74, 6) is 0. The smallest absolute Gasteiger partial charge is 0.0931 e. The summed E-state index contributed by atoms with van der Waals surface area (Å²) in [6, 6.07) is 6.36. The van der Waals surface area contributed by atoms with E-state index in [1.54, 1.807) is 6.33 Å². The summed E-state index contributed by atoms with van der Waals surface area (Å²) < 4.78 is 5.48. The number of imidazole rings is 1. The van der Waals surface area contributed by atoms with Crippen molar-refractivity contribution in [3.8, 4) is 0 Å². The highest BCUT2D eigenvalue weighted by Crippen LogP contribution is 2.62. The third-order valence-corrected chi connectivity index (χ3v) is 4.84. The van der Waals surface area contributed by atoms with Crippen LogP contribution < -0.4 is 0 Å². The second-order valence-corrected chi connectivity index (χ2v) is 5.65. The van der Waals surface area contributed by atoms with Crippen molar-refractivity contribution in [2.75, 3.05) is 19.8 Å². The first-order chi connectivity index (χ1) is 8.80. The summed E-state index contributed by atoms with van der Waals surface area (Å²) in [6.45, 7) is 1.72. The summed E-state index contributed by atoms with van der Waals surface area (Å²) in [5, 5.41) is 9.72. The van der Waals surface area contributed by atoms with Gasteiger partial charge in [-0.25, -0.2) is 4.98 Å². The van der Waals surface area contributed by atoms with Crippen LogP contribution in [-0.2, 0) is 10.2 Å². The molecule has 2 fully saturated rings. The van der Waals surface area contributed by atoms with Gasteiger partial charge in [0, 0.05) is 17.4 Å². The first-order valence-electron chi connectivity index (χ1n) is 6.42. The normalized spacial score (nSPS) is 23.8. The number of hydrogen-bond acceptors (Lipinski definition) is 3. The van der Waals surface area contributed by atoms with Gasteiger partial charge in [0.25, 0.3) is 0 Å². The Morgan fingerprint density at radius 2 is 2.17 bits per heavy atom. The molecule has 2 aliphatic rings. The van der Waals surface area contributed by atoms with Crippen molar-refractivity contribution in [2.24, 2.45) is 5.41 Å². The number of H-pyrrole nitrogens is 1. The Hall–Kier alpha value is -1.39. The topological polar surface area (TPSA) is 58.1 Å². The first-order valence-corrected chi connectivity index (χ1v) is 6.42. The Balaban J connectivity index is 1.84. The lowest BCUT2D eigenvalue weighted by molar-refractivity contribution is -0.110. The van der Waals surface area contributed by atoms with Crippen LogP contribution in [0.3, 0.4) is 0 Å². The number of rotatable bonds is 3. The number of ether oxygens (including phenoxy) is 1. The van der Waals surface area contributed by atoms with E-state index in [4.69, 9.17) is 4.74 Å². The number of hydrogen-bond donors (Lipinski definition) is 2. The Labute approximate surface area is 105 Å². The fourth-order valence-corrected chi connectivity index (χ4v) is 3.26. The van der Waals surface area contributed by atoms with Crippen molar-refractivity contribution < 1.29 is 9.84 Å². The average molecular weight is 244 g/mol. The average Bonchev–Trinajstić information content (AvgIpc) is 2.99. The van der Waals surface area contributed by atoms with Crippen LogP contribution in [-0.4, -0.2) is 34.9 Å². The molecule has 4 nitrogen and oxygen atoms in total. The van der Waals surface area contributed by atoms with Crippen molar-refractivity contribution >= 4 is 11.0 Å². The predicted molar refractivity (Wildman–Crippen MR) is 67.3 cm³/mol. The molecule has 94 valence electrons. The fraction of sp³-hybridized carbons (Fsp3) is 0.500. The summed E-state index contributed by atoms with van der Waals surface area (Å²) in [5.41, 5.74) is 3.40. The van der Waals surface area contributed by atoms with Crippen LogP contribution in [0, 0.1) is 5.41 Å². The van der Waals surface area contributed by atoms with Gasteiger partial charge in [0.05, 0.1) is 30.6 Å². The lowest BCUT2D eigenvalue weighted by Crippen LogP contribution is -2.54. The molecular weight excluding hydrogens is 228 g/mol. The molecular formula is C14H16N2O2. The fourth-order valence-electron chi connectivity index (χ4n) is 3.26. The molecule has 0 radical (unpaired) electrons. The number of benzene rings is 1. The van der Waals surface area contributed by atoms with Crippen LogP contribution in [0.2, 0.25) is 0 Å². The molecule has 1 aromatic heterocycles. The van der Waals surface area contributed by atoms with E-state index in [0.717, 1.165) is 37.1 Å². The van der Waals surface area contributed by atoms with Gasteiger partial charge in [0.1, 0.15) is 0 Å². The van der Waals surface area contributed by atoms with Crippen LogP contribution in [0.5, 0.6) is 0 Å². The van der Waals surface area contributed by atoms with Gasteiger partial charge in [-0.1, -0.05) is 6.07 Å². The van der Waals surface area contributed by atoms with E-state index in [1.165, 1.54) is 5.56 Å². The molecule has 0 atom stereocenters. The molecule has 1 aromatic carbocycles. The van der Waals surface area contributed by atoms with Crippen molar-refractivity contribution in [2.45, 2.75) is 18.3 Å². The van der Waals surface area contributed by atoms with Gasteiger partial charge < -0.3 is 14.8 Å². The minimum atomic E-state index is 0.0149. The van der Waals surface area contributed by atoms with Crippen LogP contribution in [0.4, 0.5) is 0 Å². The van der Waals surface area contributed by atoms with Crippen LogP contribution in [0.15, 0.2) is 24.5 Å². The van der Waals surface area contributed by atoms with E-state index in [-0.39, 0.29) is 17.4 Å². The zero-order valence-electron chi connectivity index (χ0n) is 10.1. The molecule has 1 saturated heterocycles. The number of aromatic amines is 1. The predicted octanol–water partition coefficient (Wildman–Crippen LogP) is 1.60. The molecule has 1 saturated carbocycles. The number of nitrogens with zero attached hydrogens (tertiary/aromatic N) is 1. The number of fused-ring (bicyclic) bond motifs is 1. The summed E-state index contributed by atoms with van der Waals surface area (Å²) in [4.78, 5) is 7.40. The Bertz CT molecular complexity index is 597. The summed E-state index contributed by atoms with van der Waals surface area (Å²) in [6.07, 6.45) is 3.93. The van der Waals surface area contributed by atoms with E-state index < -0.39 is 0 Å². The van der Waals surface area contributed by atoms with E-state index in [9.17, 15) is 5.11 Å². The number of aromatic nitrogens is 2. The van der Waals surface area contributed by atoms with E-state index in [0.29, 0.717) is 0 Å². The summed E-state index contributed by atoms with van der Waals surface area (Å²) >= 11 is 0. The molecule has 4 rings (SSSR count). The van der Waals surface area contributed by atoms with E-state index in [1.807, 2.05) is 0 Å². The van der Waals surface area contributed by atoms with Gasteiger partial charge in [-0.2, -0.15) is 0 Å². The van der Waals surface area contributed by atoms with Gasteiger partial charge in [0.2, 0.25) is 0 Å². The SMILES string of the molecule is OCC1(C2(c3ccc4nc[nH]c4c3)COC2)CC1. The molecule has 4 heteroatoms. The van der Waals surface area contributed by atoms with Gasteiger partial charge in [-0.15, -0.1) is 0 Å². The number of nitrogens with one attached hydrogen (secondary N) is 1. The third kappa shape index (κ3) is 1.15. The van der Waals surface area contributed by atoms with Gasteiger partial charge >= 0.3 is 0 Å². The minimum absolute atomic E-state index is 0.0149. The molecule has 1 aliphatic heterocycles. The molecule has 0 unspecified atom stereocenters. The maximum atomic E-state index is 9.72. The lowest BCUT2D eigenvalue weighted by atomic mass is 9.66. The van der Waals surface area contributed by atoms with Crippen LogP contribution >= 0.6 is 0 Å². The molecule has 2 N–H and O–H groups in total. The Kier molecular flexibility index (Phi) is 1.95. The molecule has 1 aliphatic carbocycles. The van der Waals surface area contributed by atoms with Crippen molar-refractivity contribution in [1.29, 1.82) is 0 Å². The zero-order valence-corrected chi connectivity index (χ0v) is 10.1. The Morgan fingerprint density at radius 1 is 1.33 bits per heavy atom. The standard InChI is InChI=1S/C14H16N2O2/c17-6-13(3-4-13)14(7-18-8-14)10-1-2-11-12(5-10)16-9-15-11/h1-2,5,9,17H,3-4,6-8H2,(H,15,16). The third-order valence-electron chi connectivity index (χ3n) is 4.84. The van der Waals surface area contributed by atoms with Crippen LogP contribution in [0.1, 0.15) is 18.4 Å². The largest absolute Gasteiger partial charge is 0.396 e. The minimum Gasteiger partial charge on any atom is -0.396 e. The van der Waals surface area contributed by atoms with Gasteiger partial charge in [-0.05, 0) is 30.5 Å². The zero-order chi connectivity index (χ0) is 12.2. The second-order valence-electron chi connectivity index (χ2n) is 5.65. The highest BCUT2D eigenvalue weighted by atomic mass is 16.5. The lowest BCUT2D eigenvalue weighted by Gasteiger charge is -2.48. The molecule has 2 heterocycles. The van der Waals surface area contributed by atoms with Crippen LogP contribution in [0.25, 0.3) is 11.0 Å². The maximum Gasteiger partial charge on any atom is 0.0931 e. The van der Waals surface area contributed by atoms with Crippen molar-refractivity contribution in [1.82, 2.24) is 9.97 Å². The molecule has 0 bridgehead atoms. The molecule has 0 spiro atoms. The Morgan fingerprint density at radius 3 is 2.78 bits per heavy atom. The highest BCUT2D eigenvalue weighted by molar-refractivity contribution is 5.75. The van der Waals surface area contributed by atoms with Crippen molar-refractivity contribution in [3.63, 3.8) is 0 Å².